The largest absolute Gasteiger partial charge is 0.496 e. The molecule has 0 aliphatic carbocycles. The smallest absolute Gasteiger partial charge is 0.213 e. The summed E-state index contributed by atoms with van der Waals surface area (Å²) in [5.74, 6) is 1.52. The molecule has 0 radical (unpaired) electrons. The minimum atomic E-state index is 0.602. The quantitative estimate of drug-likeness (QED) is 0.688. The lowest BCUT2D eigenvalue weighted by Gasteiger charge is -2.05. The highest BCUT2D eigenvalue weighted by Crippen LogP contribution is 2.31. The molecule has 3 rings (SSSR count). The van der Waals surface area contributed by atoms with Crippen molar-refractivity contribution in [2.24, 2.45) is 0 Å². The van der Waals surface area contributed by atoms with Gasteiger partial charge in [0.05, 0.1) is 19.4 Å². The molecule has 0 fully saturated rings. The molecule has 1 aromatic carbocycles. The Bertz CT molecular complexity index is 814. The topological polar surface area (TPSA) is 44.2 Å². The molecule has 0 aliphatic rings. The lowest BCUT2D eigenvalue weighted by molar-refractivity contribution is 0.327. The zero-order chi connectivity index (χ0) is 16.2. The monoisotopic (exact) mass is 326 g/mol. The van der Waals surface area contributed by atoms with Crippen molar-refractivity contribution in [2.75, 3.05) is 13.7 Å². The fourth-order valence-electron chi connectivity index (χ4n) is 2.35. The molecule has 0 saturated heterocycles. The van der Waals surface area contributed by atoms with Crippen LogP contribution in [0.4, 0.5) is 0 Å². The number of pyridine rings is 1. The Kier molecular flexibility index (Phi) is 4.57. The van der Waals surface area contributed by atoms with Gasteiger partial charge in [-0.05, 0) is 43.7 Å². The average Bonchev–Trinajstić information content (AvgIpc) is 3.05. The van der Waals surface area contributed by atoms with Gasteiger partial charge in [-0.2, -0.15) is 0 Å². The molecule has 23 heavy (non-hydrogen) atoms. The van der Waals surface area contributed by atoms with Crippen molar-refractivity contribution in [2.45, 2.75) is 13.8 Å². The normalized spacial score (nSPS) is 10.6. The second-order valence-electron chi connectivity index (χ2n) is 5.04. The van der Waals surface area contributed by atoms with Crippen LogP contribution in [0.15, 0.2) is 41.9 Å². The first-order valence-electron chi connectivity index (χ1n) is 7.41. The molecule has 0 saturated carbocycles. The summed E-state index contributed by atoms with van der Waals surface area (Å²) in [4.78, 5) is 8.93. The highest BCUT2D eigenvalue weighted by molar-refractivity contribution is 7.13. The summed E-state index contributed by atoms with van der Waals surface area (Å²) in [5.41, 5.74) is 4.17. The second-order valence-corrected chi connectivity index (χ2v) is 5.90. The molecule has 3 aromatic rings. The number of rotatable bonds is 5. The van der Waals surface area contributed by atoms with Crippen molar-refractivity contribution in [3.63, 3.8) is 0 Å². The van der Waals surface area contributed by atoms with E-state index < -0.39 is 0 Å². The van der Waals surface area contributed by atoms with Gasteiger partial charge in [-0.25, -0.2) is 9.97 Å². The number of aryl methyl sites for hydroxylation is 1. The molecule has 2 aromatic heterocycles. The number of thiazole rings is 1. The van der Waals surface area contributed by atoms with Gasteiger partial charge in [-0.15, -0.1) is 11.3 Å². The van der Waals surface area contributed by atoms with E-state index in [4.69, 9.17) is 14.5 Å². The van der Waals surface area contributed by atoms with Gasteiger partial charge in [0.2, 0.25) is 5.88 Å². The molecule has 0 N–H and O–H groups in total. The Morgan fingerprint density at radius 2 is 2.00 bits per heavy atom. The van der Waals surface area contributed by atoms with E-state index in [9.17, 15) is 0 Å². The summed E-state index contributed by atoms with van der Waals surface area (Å²) >= 11 is 1.61. The SMILES string of the molecule is CCOc1cc(-c2nc(-c3ccc(OC)c(C)c3)cs2)ccn1. The maximum Gasteiger partial charge on any atom is 0.213 e. The maximum atomic E-state index is 5.45. The highest BCUT2D eigenvalue weighted by Gasteiger charge is 2.09. The minimum Gasteiger partial charge on any atom is -0.496 e. The molecule has 0 unspecified atom stereocenters. The van der Waals surface area contributed by atoms with Crippen molar-refractivity contribution >= 4 is 11.3 Å². The number of aromatic nitrogens is 2. The van der Waals surface area contributed by atoms with Crippen molar-refractivity contribution in [3.05, 3.63) is 47.5 Å². The van der Waals surface area contributed by atoms with E-state index in [-0.39, 0.29) is 0 Å². The second kappa shape index (κ2) is 6.79. The van der Waals surface area contributed by atoms with Crippen LogP contribution in [0.5, 0.6) is 11.6 Å². The molecule has 118 valence electrons. The average molecular weight is 326 g/mol. The summed E-state index contributed by atoms with van der Waals surface area (Å²) in [6, 6.07) is 9.97. The first-order chi connectivity index (χ1) is 11.2. The Balaban J connectivity index is 1.91. The van der Waals surface area contributed by atoms with Crippen LogP contribution in [-0.4, -0.2) is 23.7 Å². The third kappa shape index (κ3) is 3.35. The van der Waals surface area contributed by atoms with Crippen LogP contribution < -0.4 is 9.47 Å². The Hall–Kier alpha value is -2.40. The number of nitrogens with zero attached hydrogens (tertiary/aromatic N) is 2. The number of hydrogen-bond acceptors (Lipinski definition) is 5. The summed E-state index contributed by atoms with van der Waals surface area (Å²) in [7, 11) is 1.68. The molecule has 0 atom stereocenters. The Morgan fingerprint density at radius 3 is 2.74 bits per heavy atom. The lowest BCUT2D eigenvalue weighted by Crippen LogP contribution is -1.93. The van der Waals surface area contributed by atoms with Crippen molar-refractivity contribution in [1.29, 1.82) is 0 Å². The predicted molar refractivity (Wildman–Crippen MR) is 93.2 cm³/mol. The van der Waals surface area contributed by atoms with E-state index in [0.717, 1.165) is 33.1 Å². The van der Waals surface area contributed by atoms with E-state index in [2.05, 4.69) is 16.4 Å². The molecule has 5 heteroatoms. The van der Waals surface area contributed by atoms with Gasteiger partial charge in [0.15, 0.2) is 0 Å². The van der Waals surface area contributed by atoms with Gasteiger partial charge < -0.3 is 9.47 Å². The standard InChI is InChI=1S/C18H18N2O2S/c1-4-22-17-10-14(7-8-19-17)18-20-15(11-23-18)13-5-6-16(21-3)12(2)9-13/h5-11H,4H2,1-3H3. The maximum absolute atomic E-state index is 5.45. The van der Waals surface area contributed by atoms with Gasteiger partial charge in [0, 0.05) is 28.8 Å². The molecular weight excluding hydrogens is 308 g/mol. The van der Waals surface area contributed by atoms with Crippen LogP contribution in [0.1, 0.15) is 12.5 Å². The summed E-state index contributed by atoms with van der Waals surface area (Å²) in [6.07, 6.45) is 1.75. The van der Waals surface area contributed by atoms with Crippen molar-refractivity contribution < 1.29 is 9.47 Å². The third-order valence-corrected chi connectivity index (χ3v) is 4.36. The lowest BCUT2D eigenvalue weighted by atomic mass is 10.1. The summed E-state index contributed by atoms with van der Waals surface area (Å²) < 4.78 is 10.8. The van der Waals surface area contributed by atoms with Crippen LogP contribution in [0.25, 0.3) is 21.8 Å². The van der Waals surface area contributed by atoms with Gasteiger partial charge in [0.25, 0.3) is 0 Å². The fraction of sp³-hybridized carbons (Fsp3) is 0.222. The Morgan fingerprint density at radius 1 is 1.13 bits per heavy atom. The van der Waals surface area contributed by atoms with E-state index in [1.807, 2.05) is 38.1 Å². The summed E-state index contributed by atoms with van der Waals surface area (Å²) in [5, 5.41) is 3.02. The minimum absolute atomic E-state index is 0.602. The van der Waals surface area contributed by atoms with Gasteiger partial charge in [-0.1, -0.05) is 0 Å². The van der Waals surface area contributed by atoms with E-state index >= 15 is 0 Å². The number of ether oxygens (including phenoxy) is 2. The molecule has 0 spiro atoms. The van der Waals surface area contributed by atoms with Gasteiger partial charge in [-0.3, -0.25) is 0 Å². The first-order valence-corrected chi connectivity index (χ1v) is 8.29. The van der Waals surface area contributed by atoms with E-state index in [1.54, 1.807) is 24.6 Å². The van der Waals surface area contributed by atoms with Crippen molar-refractivity contribution in [1.82, 2.24) is 9.97 Å². The third-order valence-electron chi connectivity index (χ3n) is 3.47. The van der Waals surface area contributed by atoms with Gasteiger partial charge >= 0.3 is 0 Å². The molecule has 0 amide bonds. The predicted octanol–water partition coefficient (Wildman–Crippen LogP) is 4.59. The number of hydrogen-bond donors (Lipinski definition) is 0. The molecule has 0 bridgehead atoms. The van der Waals surface area contributed by atoms with Crippen LogP contribution in [-0.2, 0) is 0 Å². The molecule has 0 aliphatic heterocycles. The van der Waals surface area contributed by atoms with E-state index in [0.29, 0.717) is 12.5 Å². The summed E-state index contributed by atoms with van der Waals surface area (Å²) in [6.45, 7) is 4.58. The first kappa shape index (κ1) is 15.5. The van der Waals surface area contributed by atoms with E-state index in [1.165, 1.54) is 0 Å². The zero-order valence-electron chi connectivity index (χ0n) is 13.4. The Labute approximate surface area is 139 Å². The highest BCUT2D eigenvalue weighted by atomic mass is 32.1. The van der Waals surface area contributed by atoms with Crippen LogP contribution >= 0.6 is 11.3 Å². The molecular formula is C18H18N2O2S. The molecule has 2 heterocycles. The number of benzene rings is 1. The van der Waals surface area contributed by atoms with Crippen LogP contribution in [0.2, 0.25) is 0 Å². The van der Waals surface area contributed by atoms with Crippen LogP contribution in [0, 0.1) is 6.92 Å². The number of methoxy groups -OCH3 is 1. The van der Waals surface area contributed by atoms with Gasteiger partial charge in [0.1, 0.15) is 10.8 Å². The fourth-order valence-corrected chi connectivity index (χ4v) is 3.17. The van der Waals surface area contributed by atoms with Crippen LogP contribution in [0.3, 0.4) is 0 Å². The van der Waals surface area contributed by atoms with Crippen molar-refractivity contribution in [3.8, 4) is 33.5 Å². The molecule has 4 nitrogen and oxygen atoms in total. The zero-order valence-corrected chi connectivity index (χ0v) is 14.2.